The van der Waals surface area contributed by atoms with Crippen LogP contribution in [0.4, 0.5) is 0 Å². The molecule has 1 saturated heterocycles. The predicted octanol–water partition coefficient (Wildman–Crippen LogP) is 2.30. The molecule has 0 aromatic rings. The molecule has 2 aliphatic carbocycles. The first-order valence-electron chi connectivity index (χ1n) is 5.89. The van der Waals surface area contributed by atoms with Gasteiger partial charge in [-0.1, -0.05) is 20.8 Å². The molecule has 80 valence electrons. The normalized spacial score (nSPS) is 47.4. The average Bonchev–Trinajstić information content (AvgIpc) is 2.46. The quantitative estimate of drug-likeness (QED) is 0.636. The highest BCUT2D eigenvalue weighted by Gasteiger charge is 2.60. The van der Waals surface area contributed by atoms with Crippen LogP contribution in [-0.2, 0) is 4.74 Å². The zero-order valence-corrected chi connectivity index (χ0v) is 9.49. The number of ether oxygens (including phenoxy) is 1. The Morgan fingerprint density at radius 3 is 2.00 bits per heavy atom. The Morgan fingerprint density at radius 2 is 1.64 bits per heavy atom. The van der Waals surface area contributed by atoms with E-state index in [-0.39, 0.29) is 0 Å². The second-order valence-electron chi connectivity index (χ2n) is 6.40. The van der Waals surface area contributed by atoms with E-state index in [2.05, 4.69) is 25.7 Å². The van der Waals surface area contributed by atoms with Gasteiger partial charge in [-0.3, -0.25) is 4.90 Å². The fraction of sp³-hybridized carbons (Fsp3) is 1.00. The van der Waals surface area contributed by atoms with Crippen LogP contribution in [0.2, 0.25) is 0 Å². The van der Waals surface area contributed by atoms with Gasteiger partial charge in [0.15, 0.2) is 0 Å². The van der Waals surface area contributed by atoms with Crippen molar-refractivity contribution in [3.8, 4) is 0 Å². The number of rotatable bonds is 1. The summed E-state index contributed by atoms with van der Waals surface area (Å²) in [5.74, 6) is 3.10. The summed E-state index contributed by atoms with van der Waals surface area (Å²) >= 11 is 0. The van der Waals surface area contributed by atoms with Crippen molar-refractivity contribution in [1.82, 2.24) is 4.90 Å². The smallest absolute Gasteiger partial charge is 0.103 e. The lowest BCUT2D eigenvalue weighted by Crippen LogP contribution is -2.46. The third-order valence-electron chi connectivity index (χ3n) is 4.45. The van der Waals surface area contributed by atoms with Crippen molar-refractivity contribution in [1.29, 1.82) is 0 Å². The maximum absolute atomic E-state index is 5.22. The summed E-state index contributed by atoms with van der Waals surface area (Å²) in [5, 5.41) is 0. The Labute approximate surface area is 86.6 Å². The molecule has 3 aliphatic rings. The second kappa shape index (κ2) is 2.73. The van der Waals surface area contributed by atoms with Crippen molar-refractivity contribution < 1.29 is 4.74 Å². The number of nitrogens with zero attached hydrogens (tertiary/aromatic N) is 1. The molecule has 14 heavy (non-hydrogen) atoms. The fourth-order valence-electron chi connectivity index (χ4n) is 3.80. The Hall–Kier alpha value is -0.0800. The summed E-state index contributed by atoms with van der Waals surface area (Å²) in [6.07, 6.45) is 2.88. The van der Waals surface area contributed by atoms with Gasteiger partial charge in [0.05, 0.1) is 0 Å². The van der Waals surface area contributed by atoms with Crippen LogP contribution in [0.5, 0.6) is 0 Å². The van der Waals surface area contributed by atoms with Crippen LogP contribution in [0.25, 0.3) is 0 Å². The van der Waals surface area contributed by atoms with E-state index in [1.165, 1.54) is 12.8 Å². The van der Waals surface area contributed by atoms with Gasteiger partial charge in [0.25, 0.3) is 0 Å². The highest BCUT2D eigenvalue weighted by Crippen LogP contribution is 2.64. The van der Waals surface area contributed by atoms with Crippen molar-refractivity contribution in [2.24, 2.45) is 23.2 Å². The zero-order valence-electron chi connectivity index (χ0n) is 9.49. The van der Waals surface area contributed by atoms with Crippen molar-refractivity contribution in [3.05, 3.63) is 0 Å². The van der Waals surface area contributed by atoms with Gasteiger partial charge < -0.3 is 4.74 Å². The molecule has 0 aromatic heterocycles. The van der Waals surface area contributed by atoms with E-state index < -0.39 is 0 Å². The van der Waals surface area contributed by atoms with Crippen LogP contribution >= 0.6 is 0 Å². The van der Waals surface area contributed by atoms with Crippen LogP contribution in [0.3, 0.4) is 0 Å². The molecule has 0 spiro atoms. The van der Waals surface area contributed by atoms with Crippen LogP contribution in [0.1, 0.15) is 33.6 Å². The van der Waals surface area contributed by atoms with Gasteiger partial charge in [-0.2, -0.15) is 0 Å². The number of hydrogen-bond donors (Lipinski definition) is 0. The molecular formula is C12H21NO. The van der Waals surface area contributed by atoms with Gasteiger partial charge in [-0.25, -0.2) is 0 Å². The minimum Gasteiger partial charge on any atom is -0.351 e. The highest BCUT2D eigenvalue weighted by molar-refractivity contribution is 5.10. The summed E-state index contributed by atoms with van der Waals surface area (Å²) in [7, 11) is 0. The third-order valence-corrected chi connectivity index (χ3v) is 4.45. The topological polar surface area (TPSA) is 12.5 Å². The van der Waals surface area contributed by atoms with Crippen LogP contribution in [0, 0.1) is 23.2 Å². The molecular weight excluding hydrogens is 174 g/mol. The fourth-order valence-corrected chi connectivity index (χ4v) is 3.80. The molecule has 0 radical (unpaired) electrons. The molecule has 0 N–H and O–H groups in total. The first-order chi connectivity index (χ1) is 6.57. The van der Waals surface area contributed by atoms with Gasteiger partial charge in [0.1, 0.15) is 13.5 Å². The first-order valence-corrected chi connectivity index (χ1v) is 5.89. The molecule has 1 heterocycles. The van der Waals surface area contributed by atoms with Crippen LogP contribution < -0.4 is 0 Å². The average molecular weight is 195 g/mol. The molecule has 3 rings (SSSR count). The van der Waals surface area contributed by atoms with Gasteiger partial charge in [0, 0.05) is 6.04 Å². The Balaban J connectivity index is 1.57. The van der Waals surface area contributed by atoms with E-state index in [4.69, 9.17) is 4.74 Å². The SMILES string of the molecule is CC(C)(C)[C@@H]1C2CC(N3COC3)C[C@H]21. The molecule has 1 aliphatic heterocycles. The summed E-state index contributed by atoms with van der Waals surface area (Å²) in [6, 6.07) is 0.859. The monoisotopic (exact) mass is 195 g/mol. The molecule has 2 saturated carbocycles. The van der Waals surface area contributed by atoms with E-state index in [0.29, 0.717) is 5.41 Å². The maximum Gasteiger partial charge on any atom is 0.103 e. The minimum atomic E-state index is 0.547. The van der Waals surface area contributed by atoms with E-state index in [0.717, 1.165) is 37.3 Å². The third kappa shape index (κ3) is 1.24. The summed E-state index contributed by atoms with van der Waals surface area (Å²) < 4.78 is 5.22. The van der Waals surface area contributed by atoms with E-state index in [1.807, 2.05) is 0 Å². The first kappa shape index (κ1) is 9.17. The molecule has 0 amide bonds. The predicted molar refractivity (Wildman–Crippen MR) is 55.6 cm³/mol. The lowest BCUT2D eigenvalue weighted by molar-refractivity contribution is -0.166. The summed E-state index contributed by atoms with van der Waals surface area (Å²) in [6.45, 7) is 8.99. The molecule has 0 bridgehead atoms. The molecule has 3 fully saturated rings. The molecule has 2 nitrogen and oxygen atoms in total. The Kier molecular flexibility index (Phi) is 1.79. The van der Waals surface area contributed by atoms with Crippen molar-refractivity contribution in [3.63, 3.8) is 0 Å². The van der Waals surface area contributed by atoms with Gasteiger partial charge >= 0.3 is 0 Å². The second-order valence-corrected chi connectivity index (χ2v) is 6.40. The van der Waals surface area contributed by atoms with Gasteiger partial charge in [-0.15, -0.1) is 0 Å². The number of fused-ring (bicyclic) bond motifs is 1. The van der Waals surface area contributed by atoms with Crippen LogP contribution in [0.15, 0.2) is 0 Å². The molecule has 2 unspecified atom stereocenters. The van der Waals surface area contributed by atoms with E-state index >= 15 is 0 Å². The zero-order chi connectivity index (χ0) is 9.92. The summed E-state index contributed by atoms with van der Waals surface area (Å²) in [5.41, 5.74) is 0.547. The van der Waals surface area contributed by atoms with E-state index in [1.54, 1.807) is 0 Å². The molecule has 2 heteroatoms. The largest absolute Gasteiger partial charge is 0.351 e. The Morgan fingerprint density at radius 1 is 1.07 bits per heavy atom. The Bertz CT molecular complexity index is 229. The van der Waals surface area contributed by atoms with Crippen LogP contribution in [-0.4, -0.2) is 24.4 Å². The minimum absolute atomic E-state index is 0.547. The standard InChI is InChI=1S/C12H21NO/c1-12(2,3)11-9-4-8(5-10(9)11)13-6-14-7-13/h8-11H,4-7H2,1-3H3/t8?,9-,10?,11+/m1/s1. The highest BCUT2D eigenvalue weighted by atomic mass is 16.5. The molecule has 0 aromatic carbocycles. The van der Waals surface area contributed by atoms with Gasteiger partial charge in [0.2, 0.25) is 0 Å². The van der Waals surface area contributed by atoms with Gasteiger partial charge in [-0.05, 0) is 36.0 Å². The van der Waals surface area contributed by atoms with Crippen molar-refractivity contribution >= 4 is 0 Å². The maximum atomic E-state index is 5.22. The van der Waals surface area contributed by atoms with Crippen molar-refractivity contribution in [2.45, 2.75) is 39.7 Å². The van der Waals surface area contributed by atoms with Crippen molar-refractivity contribution in [2.75, 3.05) is 13.5 Å². The summed E-state index contributed by atoms with van der Waals surface area (Å²) in [4.78, 5) is 2.49. The van der Waals surface area contributed by atoms with E-state index in [9.17, 15) is 0 Å². The number of hydrogen-bond acceptors (Lipinski definition) is 2. The molecule has 4 atom stereocenters. The lowest BCUT2D eigenvalue weighted by Gasteiger charge is -2.37. The lowest BCUT2D eigenvalue weighted by atomic mass is 9.84.